The first-order valence-electron chi connectivity index (χ1n) is 6.75. The SMILES string of the molecule is CN(C)C(C)(C)CNS(=O)(=O)CCSc1ccc(N)cc1. The number of nitrogens with two attached hydrogens (primary N) is 1. The van der Waals surface area contributed by atoms with E-state index in [4.69, 9.17) is 5.73 Å². The Morgan fingerprint density at radius 1 is 1.24 bits per heavy atom. The van der Waals surface area contributed by atoms with E-state index in [0.29, 0.717) is 18.0 Å². The lowest BCUT2D eigenvalue weighted by Gasteiger charge is -2.32. The summed E-state index contributed by atoms with van der Waals surface area (Å²) in [6, 6.07) is 7.42. The van der Waals surface area contributed by atoms with Crippen molar-refractivity contribution in [3.63, 3.8) is 0 Å². The van der Waals surface area contributed by atoms with E-state index < -0.39 is 10.0 Å². The summed E-state index contributed by atoms with van der Waals surface area (Å²) in [5.74, 6) is 0.618. The maximum atomic E-state index is 12.0. The second kappa shape index (κ2) is 7.49. The number of nitrogen functional groups attached to an aromatic ring is 1. The number of likely N-dealkylation sites (N-methyl/N-ethyl adjacent to an activating group) is 1. The number of hydrogen-bond donors (Lipinski definition) is 2. The average Bonchev–Trinajstić information content (AvgIpc) is 2.39. The summed E-state index contributed by atoms with van der Waals surface area (Å²) in [5, 5.41) is 0. The van der Waals surface area contributed by atoms with Gasteiger partial charge in [0.1, 0.15) is 0 Å². The number of benzene rings is 1. The van der Waals surface area contributed by atoms with E-state index in [1.807, 2.05) is 57.1 Å². The van der Waals surface area contributed by atoms with Crippen LogP contribution in [0.1, 0.15) is 13.8 Å². The van der Waals surface area contributed by atoms with Gasteiger partial charge in [0.15, 0.2) is 0 Å². The summed E-state index contributed by atoms with van der Waals surface area (Å²) >= 11 is 1.51. The van der Waals surface area contributed by atoms with Gasteiger partial charge in [-0.2, -0.15) is 0 Å². The zero-order chi connectivity index (χ0) is 16.1. The Bertz CT molecular complexity index is 540. The Kier molecular flexibility index (Phi) is 6.52. The first-order chi connectivity index (χ1) is 9.62. The van der Waals surface area contributed by atoms with Crippen molar-refractivity contribution in [2.45, 2.75) is 24.3 Å². The summed E-state index contributed by atoms with van der Waals surface area (Å²) in [7, 11) is 0.623. The van der Waals surface area contributed by atoms with Gasteiger partial charge >= 0.3 is 0 Å². The molecule has 0 aliphatic rings. The first-order valence-corrected chi connectivity index (χ1v) is 9.39. The van der Waals surface area contributed by atoms with Crippen molar-refractivity contribution in [1.82, 2.24) is 9.62 Å². The van der Waals surface area contributed by atoms with Gasteiger partial charge in [0.05, 0.1) is 5.75 Å². The summed E-state index contributed by atoms with van der Waals surface area (Å²) < 4.78 is 26.6. The largest absolute Gasteiger partial charge is 0.399 e. The molecule has 1 aromatic carbocycles. The molecule has 0 heterocycles. The smallest absolute Gasteiger partial charge is 0.212 e. The molecule has 0 aromatic heterocycles. The summed E-state index contributed by atoms with van der Waals surface area (Å²) in [4.78, 5) is 3.02. The Morgan fingerprint density at radius 2 is 1.81 bits per heavy atom. The Labute approximate surface area is 132 Å². The third-order valence-corrected chi connectivity index (χ3v) is 6.03. The van der Waals surface area contributed by atoms with Crippen LogP contribution < -0.4 is 10.5 Å². The number of hydrogen-bond acceptors (Lipinski definition) is 5. The summed E-state index contributed by atoms with van der Waals surface area (Å²) in [5.41, 5.74) is 6.11. The zero-order valence-electron chi connectivity index (χ0n) is 13.1. The lowest BCUT2D eigenvalue weighted by atomic mass is 10.1. The fraction of sp³-hybridized carbons (Fsp3) is 0.571. The minimum atomic E-state index is -3.25. The molecule has 0 saturated heterocycles. The molecule has 21 heavy (non-hydrogen) atoms. The molecule has 0 fully saturated rings. The first kappa shape index (κ1) is 18.3. The molecule has 1 aromatic rings. The van der Waals surface area contributed by atoms with Crippen molar-refractivity contribution in [1.29, 1.82) is 0 Å². The highest BCUT2D eigenvalue weighted by atomic mass is 32.2. The van der Waals surface area contributed by atoms with Crippen LogP contribution in [0, 0.1) is 0 Å². The summed E-state index contributed by atoms with van der Waals surface area (Å²) in [6.45, 7) is 4.39. The van der Waals surface area contributed by atoms with Crippen molar-refractivity contribution in [2.75, 3.05) is 37.9 Å². The molecule has 0 unspecified atom stereocenters. The molecule has 0 radical (unpaired) electrons. The van der Waals surface area contributed by atoms with Crippen LogP contribution in [0.5, 0.6) is 0 Å². The molecule has 3 N–H and O–H groups in total. The topological polar surface area (TPSA) is 75.4 Å². The third-order valence-electron chi connectivity index (χ3n) is 3.44. The second-order valence-electron chi connectivity index (χ2n) is 5.76. The number of nitrogens with one attached hydrogen (secondary N) is 1. The monoisotopic (exact) mass is 331 g/mol. The molecule has 7 heteroatoms. The predicted octanol–water partition coefficient (Wildman–Crippen LogP) is 1.62. The highest BCUT2D eigenvalue weighted by molar-refractivity contribution is 8.00. The molecule has 0 atom stereocenters. The fourth-order valence-electron chi connectivity index (χ4n) is 1.35. The number of sulfonamides is 1. The van der Waals surface area contributed by atoms with Crippen LogP contribution in [0.3, 0.4) is 0 Å². The number of thioether (sulfide) groups is 1. The van der Waals surface area contributed by atoms with Crippen LogP contribution in [0.4, 0.5) is 5.69 Å². The van der Waals surface area contributed by atoms with Crippen LogP contribution >= 0.6 is 11.8 Å². The minimum Gasteiger partial charge on any atom is -0.399 e. The van der Waals surface area contributed by atoms with Gasteiger partial charge in [-0.1, -0.05) is 0 Å². The molecule has 0 amide bonds. The van der Waals surface area contributed by atoms with E-state index >= 15 is 0 Å². The molecule has 0 bridgehead atoms. The van der Waals surface area contributed by atoms with Crippen LogP contribution in [0.15, 0.2) is 29.2 Å². The van der Waals surface area contributed by atoms with Gasteiger partial charge in [0.25, 0.3) is 0 Å². The number of anilines is 1. The molecule has 0 spiro atoms. The van der Waals surface area contributed by atoms with Crippen molar-refractivity contribution >= 4 is 27.5 Å². The molecule has 0 aliphatic carbocycles. The van der Waals surface area contributed by atoms with Crippen LogP contribution in [0.25, 0.3) is 0 Å². The van der Waals surface area contributed by atoms with Gasteiger partial charge < -0.3 is 10.6 Å². The van der Waals surface area contributed by atoms with Crippen molar-refractivity contribution < 1.29 is 8.42 Å². The third kappa shape index (κ3) is 6.69. The normalized spacial score (nSPS) is 12.8. The maximum Gasteiger partial charge on any atom is 0.212 e. The average molecular weight is 332 g/mol. The lowest BCUT2D eigenvalue weighted by molar-refractivity contribution is 0.199. The molecule has 5 nitrogen and oxygen atoms in total. The van der Waals surface area contributed by atoms with Crippen molar-refractivity contribution in [3.8, 4) is 0 Å². The van der Waals surface area contributed by atoms with E-state index in [1.165, 1.54) is 11.8 Å². The van der Waals surface area contributed by atoms with Gasteiger partial charge in [-0.3, -0.25) is 0 Å². The van der Waals surface area contributed by atoms with Gasteiger partial charge in [0, 0.05) is 28.4 Å². The van der Waals surface area contributed by atoms with Gasteiger partial charge in [-0.15, -0.1) is 11.8 Å². The van der Waals surface area contributed by atoms with E-state index in [0.717, 1.165) is 4.90 Å². The molecule has 0 aliphatic heterocycles. The van der Waals surface area contributed by atoms with E-state index in [1.54, 1.807) is 0 Å². The van der Waals surface area contributed by atoms with Crippen LogP contribution in [-0.2, 0) is 10.0 Å². The zero-order valence-corrected chi connectivity index (χ0v) is 14.7. The Morgan fingerprint density at radius 3 is 2.33 bits per heavy atom. The summed E-state index contributed by atoms with van der Waals surface area (Å²) in [6.07, 6.45) is 0. The Balaban J connectivity index is 2.41. The molecular formula is C14H25N3O2S2. The number of rotatable bonds is 8. The molecule has 120 valence electrons. The van der Waals surface area contributed by atoms with E-state index in [-0.39, 0.29) is 11.3 Å². The molecule has 1 rings (SSSR count). The standard InChI is InChI=1S/C14H25N3O2S2/c1-14(2,17(3)4)11-16-21(18,19)10-9-20-13-7-5-12(15)6-8-13/h5-8,16H,9-11,15H2,1-4H3. The predicted molar refractivity (Wildman–Crippen MR) is 91.1 cm³/mol. The lowest BCUT2D eigenvalue weighted by Crippen LogP contribution is -2.48. The van der Waals surface area contributed by atoms with Gasteiger partial charge in [0.2, 0.25) is 10.0 Å². The van der Waals surface area contributed by atoms with Gasteiger partial charge in [-0.05, 0) is 52.2 Å². The highest BCUT2D eigenvalue weighted by Crippen LogP contribution is 2.19. The van der Waals surface area contributed by atoms with Crippen molar-refractivity contribution in [3.05, 3.63) is 24.3 Å². The Hall–Kier alpha value is -0.760. The number of nitrogens with zero attached hydrogens (tertiary/aromatic N) is 1. The fourth-order valence-corrected chi connectivity index (χ4v) is 3.84. The van der Waals surface area contributed by atoms with E-state index in [9.17, 15) is 8.42 Å². The van der Waals surface area contributed by atoms with Crippen LogP contribution in [-0.4, -0.2) is 51.0 Å². The molecule has 0 saturated carbocycles. The maximum absolute atomic E-state index is 12.0. The van der Waals surface area contributed by atoms with Crippen LogP contribution in [0.2, 0.25) is 0 Å². The quantitative estimate of drug-likeness (QED) is 0.559. The minimum absolute atomic E-state index is 0.103. The molecular weight excluding hydrogens is 306 g/mol. The van der Waals surface area contributed by atoms with E-state index in [2.05, 4.69) is 4.72 Å². The second-order valence-corrected chi connectivity index (χ2v) is 8.86. The van der Waals surface area contributed by atoms with Crippen molar-refractivity contribution in [2.24, 2.45) is 0 Å². The highest BCUT2D eigenvalue weighted by Gasteiger charge is 2.23. The van der Waals surface area contributed by atoms with Gasteiger partial charge in [-0.25, -0.2) is 13.1 Å².